The molecule has 0 atom stereocenters. The third-order valence-corrected chi connectivity index (χ3v) is 2.80. The molecule has 0 unspecified atom stereocenters. The fourth-order valence-electron chi connectivity index (χ4n) is 1.73. The highest BCUT2D eigenvalue weighted by molar-refractivity contribution is 5.64. The largest absolute Gasteiger partial charge is 0.268 e. The van der Waals surface area contributed by atoms with Gasteiger partial charge < -0.3 is 0 Å². The van der Waals surface area contributed by atoms with Crippen molar-refractivity contribution in [2.24, 2.45) is 0 Å². The van der Waals surface area contributed by atoms with E-state index in [0.717, 1.165) is 11.3 Å². The molecular weight excluding hydrogens is 200 g/mol. The Morgan fingerprint density at radius 1 is 1.00 bits per heavy atom. The summed E-state index contributed by atoms with van der Waals surface area (Å²) in [6, 6.07) is 7.48. The molecule has 1 heterocycles. The Kier molecular flexibility index (Phi) is 2.60. The molecule has 0 spiro atoms. The van der Waals surface area contributed by atoms with Crippen LogP contribution in [0.25, 0.3) is 11.3 Å². The number of hydrogen-bond acceptors (Lipinski definition) is 2. The van der Waals surface area contributed by atoms with E-state index < -0.39 is 0 Å². The number of nitrogens with one attached hydrogen (secondary N) is 1. The minimum Gasteiger partial charge on any atom is -0.268 e. The van der Waals surface area contributed by atoms with Crippen LogP contribution in [0.3, 0.4) is 0 Å². The van der Waals surface area contributed by atoms with Crippen LogP contribution in [0.1, 0.15) is 16.7 Å². The van der Waals surface area contributed by atoms with Crippen molar-refractivity contribution in [2.75, 3.05) is 0 Å². The fraction of sp³-hybridized carbons (Fsp3) is 0.231. The molecule has 0 bridgehead atoms. The highest BCUT2D eigenvalue weighted by Gasteiger charge is 2.05. The first-order valence-electron chi connectivity index (χ1n) is 5.22. The van der Waals surface area contributed by atoms with Gasteiger partial charge in [0, 0.05) is 11.6 Å². The monoisotopic (exact) mass is 214 g/mol. The summed E-state index contributed by atoms with van der Waals surface area (Å²) >= 11 is 0. The molecule has 0 amide bonds. The number of aromatic nitrogens is 2. The second-order valence-electron chi connectivity index (χ2n) is 4.06. The Morgan fingerprint density at radius 3 is 2.31 bits per heavy atom. The van der Waals surface area contributed by atoms with Gasteiger partial charge in [-0.05, 0) is 49.6 Å². The number of rotatable bonds is 1. The number of hydrogen-bond donors (Lipinski definition) is 1. The van der Waals surface area contributed by atoms with Crippen molar-refractivity contribution in [1.29, 1.82) is 0 Å². The first kappa shape index (κ1) is 10.6. The van der Waals surface area contributed by atoms with Crippen LogP contribution in [0.5, 0.6) is 0 Å². The molecule has 0 saturated carbocycles. The topological polar surface area (TPSA) is 45.8 Å². The third-order valence-electron chi connectivity index (χ3n) is 2.80. The summed E-state index contributed by atoms with van der Waals surface area (Å²) in [4.78, 5) is 10.9. The normalized spacial score (nSPS) is 10.4. The lowest BCUT2D eigenvalue weighted by Crippen LogP contribution is -2.06. The molecule has 0 fully saturated rings. The summed E-state index contributed by atoms with van der Waals surface area (Å²) in [6.07, 6.45) is 0. The van der Waals surface area contributed by atoms with Gasteiger partial charge in [-0.15, -0.1) is 0 Å². The lowest BCUT2D eigenvalue weighted by atomic mass is 9.99. The Hall–Kier alpha value is -1.90. The van der Waals surface area contributed by atoms with Crippen molar-refractivity contribution < 1.29 is 0 Å². The van der Waals surface area contributed by atoms with Crippen LogP contribution in [0, 0.1) is 20.8 Å². The van der Waals surface area contributed by atoms with E-state index in [1.54, 1.807) is 6.07 Å². The van der Waals surface area contributed by atoms with E-state index in [9.17, 15) is 4.79 Å². The molecule has 1 aromatic heterocycles. The van der Waals surface area contributed by atoms with Gasteiger partial charge in [0.1, 0.15) is 0 Å². The zero-order chi connectivity index (χ0) is 11.7. The summed E-state index contributed by atoms with van der Waals surface area (Å²) in [5.74, 6) is 0. The maximum atomic E-state index is 10.9. The van der Waals surface area contributed by atoms with Crippen LogP contribution in [-0.4, -0.2) is 10.2 Å². The van der Waals surface area contributed by atoms with Crippen LogP contribution >= 0.6 is 0 Å². The van der Waals surface area contributed by atoms with E-state index in [1.165, 1.54) is 22.8 Å². The molecule has 0 saturated heterocycles. The lowest BCUT2D eigenvalue weighted by Gasteiger charge is -2.08. The van der Waals surface area contributed by atoms with Gasteiger partial charge in [-0.2, -0.15) is 5.10 Å². The third kappa shape index (κ3) is 1.89. The molecule has 2 aromatic rings. The minimum atomic E-state index is -0.176. The molecule has 16 heavy (non-hydrogen) atoms. The molecule has 1 aromatic carbocycles. The molecule has 1 N–H and O–H groups in total. The van der Waals surface area contributed by atoms with Crippen molar-refractivity contribution in [1.82, 2.24) is 10.2 Å². The highest BCUT2D eigenvalue weighted by Crippen LogP contribution is 2.23. The van der Waals surface area contributed by atoms with E-state index in [0.29, 0.717) is 0 Å². The van der Waals surface area contributed by atoms with Gasteiger partial charge in [-0.25, -0.2) is 5.10 Å². The fourth-order valence-corrected chi connectivity index (χ4v) is 1.73. The summed E-state index contributed by atoms with van der Waals surface area (Å²) in [5.41, 5.74) is 5.37. The molecule has 0 aliphatic carbocycles. The van der Waals surface area contributed by atoms with E-state index in [1.807, 2.05) is 0 Å². The van der Waals surface area contributed by atoms with Crippen LogP contribution in [0.2, 0.25) is 0 Å². The number of H-pyrrole nitrogens is 1. The van der Waals surface area contributed by atoms with Crippen molar-refractivity contribution >= 4 is 0 Å². The zero-order valence-electron chi connectivity index (χ0n) is 9.66. The van der Waals surface area contributed by atoms with Crippen molar-refractivity contribution in [2.45, 2.75) is 20.8 Å². The van der Waals surface area contributed by atoms with Gasteiger partial charge in [-0.3, -0.25) is 4.79 Å². The van der Waals surface area contributed by atoms with E-state index in [2.05, 4.69) is 43.1 Å². The minimum absolute atomic E-state index is 0.176. The van der Waals surface area contributed by atoms with Crippen molar-refractivity contribution in [3.8, 4) is 11.3 Å². The van der Waals surface area contributed by atoms with Gasteiger partial charge in [0.25, 0.3) is 5.56 Å². The smallest absolute Gasteiger partial charge is 0.264 e. The van der Waals surface area contributed by atoms with E-state index in [-0.39, 0.29) is 5.56 Å². The molecule has 3 nitrogen and oxygen atoms in total. The van der Waals surface area contributed by atoms with Crippen molar-refractivity contribution in [3.05, 3.63) is 51.3 Å². The Morgan fingerprint density at radius 2 is 1.69 bits per heavy atom. The van der Waals surface area contributed by atoms with E-state index >= 15 is 0 Å². The standard InChI is InChI=1S/C13H14N2O/c1-8-6-10(3)11(7-9(8)2)12-4-5-13(16)15-14-12/h4-7H,1-3H3,(H,15,16). The van der Waals surface area contributed by atoms with Crippen molar-refractivity contribution in [3.63, 3.8) is 0 Å². The zero-order valence-corrected chi connectivity index (χ0v) is 9.66. The maximum Gasteiger partial charge on any atom is 0.264 e. The number of aromatic amines is 1. The number of nitrogens with zero attached hydrogens (tertiary/aromatic N) is 1. The predicted molar refractivity (Wildman–Crippen MR) is 64.5 cm³/mol. The van der Waals surface area contributed by atoms with Crippen LogP contribution in [0.15, 0.2) is 29.1 Å². The van der Waals surface area contributed by atoms with Crippen LogP contribution in [-0.2, 0) is 0 Å². The summed E-state index contributed by atoms with van der Waals surface area (Å²) < 4.78 is 0. The summed E-state index contributed by atoms with van der Waals surface area (Å²) in [7, 11) is 0. The maximum absolute atomic E-state index is 10.9. The Bertz CT molecular complexity index is 564. The molecule has 2 rings (SSSR count). The lowest BCUT2D eigenvalue weighted by molar-refractivity contribution is 0.993. The Labute approximate surface area is 94.2 Å². The number of benzene rings is 1. The highest BCUT2D eigenvalue weighted by atomic mass is 16.1. The van der Waals surface area contributed by atoms with Gasteiger partial charge >= 0.3 is 0 Å². The second-order valence-corrected chi connectivity index (χ2v) is 4.06. The molecule has 0 aliphatic heterocycles. The van der Waals surface area contributed by atoms with Gasteiger partial charge in [0.2, 0.25) is 0 Å². The molecule has 82 valence electrons. The molecule has 0 radical (unpaired) electrons. The average molecular weight is 214 g/mol. The summed E-state index contributed by atoms with van der Waals surface area (Å²) in [5, 5.41) is 6.50. The first-order valence-corrected chi connectivity index (χ1v) is 5.22. The van der Waals surface area contributed by atoms with Gasteiger partial charge in [-0.1, -0.05) is 6.07 Å². The Balaban J connectivity index is 2.60. The predicted octanol–water partition coefficient (Wildman–Crippen LogP) is 2.36. The second kappa shape index (κ2) is 3.93. The van der Waals surface area contributed by atoms with Gasteiger partial charge in [0.15, 0.2) is 0 Å². The molecular formula is C13H14N2O. The number of aryl methyl sites for hydroxylation is 3. The van der Waals surface area contributed by atoms with E-state index in [4.69, 9.17) is 0 Å². The summed E-state index contributed by atoms with van der Waals surface area (Å²) in [6.45, 7) is 6.21. The van der Waals surface area contributed by atoms with Crippen LogP contribution < -0.4 is 5.56 Å². The quantitative estimate of drug-likeness (QED) is 0.792. The SMILES string of the molecule is Cc1cc(C)c(-c2ccc(=O)[nH]n2)cc1C. The van der Waals surface area contributed by atoms with Crippen LogP contribution in [0.4, 0.5) is 0 Å². The van der Waals surface area contributed by atoms with Gasteiger partial charge in [0.05, 0.1) is 5.69 Å². The first-order chi connectivity index (χ1) is 7.58. The molecule has 0 aliphatic rings. The average Bonchev–Trinajstić information content (AvgIpc) is 2.25. The molecule has 3 heteroatoms.